The van der Waals surface area contributed by atoms with E-state index in [-0.39, 0.29) is 52.7 Å². The number of nitrogens with zero attached hydrogens (tertiary/aromatic N) is 6. The highest BCUT2D eigenvalue weighted by atomic mass is 32.1. The van der Waals surface area contributed by atoms with Gasteiger partial charge in [-0.3, -0.25) is 9.48 Å². The second-order valence-corrected chi connectivity index (χ2v) is 14.0. The Morgan fingerprint density at radius 2 is 1.82 bits per heavy atom. The molecule has 1 saturated carbocycles. The van der Waals surface area contributed by atoms with Gasteiger partial charge in [-0.2, -0.15) is 5.10 Å². The number of aromatic nitrogens is 5. The van der Waals surface area contributed by atoms with Crippen molar-refractivity contribution >= 4 is 38.4 Å². The summed E-state index contributed by atoms with van der Waals surface area (Å²) in [5, 5.41) is 6.32. The summed E-state index contributed by atoms with van der Waals surface area (Å²) in [4.78, 5) is 24.3. The number of fused-ring (bicyclic) bond motifs is 3. The molecule has 6 aromatic rings. The number of benzene rings is 2. The number of alkyl halides is 1. The number of ether oxygens (including phenoxy) is 1. The number of amides is 1. The van der Waals surface area contributed by atoms with Crippen LogP contribution in [0.15, 0.2) is 54.4 Å². The molecule has 1 aliphatic heterocycles. The molecule has 5 heterocycles. The summed E-state index contributed by atoms with van der Waals surface area (Å²) in [6, 6.07) is 8.55. The van der Waals surface area contributed by atoms with E-state index in [1.807, 2.05) is 50.6 Å². The van der Waals surface area contributed by atoms with E-state index in [0.29, 0.717) is 40.0 Å². The molecule has 8 nitrogen and oxygen atoms in total. The van der Waals surface area contributed by atoms with Crippen LogP contribution in [0.4, 0.5) is 17.6 Å². The van der Waals surface area contributed by atoms with Crippen molar-refractivity contribution in [1.29, 1.82) is 0 Å². The van der Waals surface area contributed by atoms with Crippen molar-refractivity contribution in [3.63, 3.8) is 0 Å². The average Bonchev–Trinajstić information content (AvgIpc) is 3.77. The third-order valence-electron chi connectivity index (χ3n) is 9.89. The number of carbonyl (C=O) groups excluding carboxylic acids is 1. The molecule has 1 amide bonds. The van der Waals surface area contributed by atoms with Gasteiger partial charge in [0.25, 0.3) is 0 Å². The minimum absolute atomic E-state index is 0.0376. The van der Waals surface area contributed by atoms with E-state index in [1.54, 1.807) is 15.6 Å². The first-order chi connectivity index (χ1) is 23.9. The maximum Gasteiger partial charge on any atom is 0.246 e. The van der Waals surface area contributed by atoms with Crippen LogP contribution in [0.3, 0.4) is 0 Å². The highest BCUT2D eigenvalue weighted by Crippen LogP contribution is 2.49. The van der Waals surface area contributed by atoms with E-state index < -0.39 is 35.8 Å². The van der Waals surface area contributed by atoms with Gasteiger partial charge in [-0.15, -0.1) is 11.3 Å². The summed E-state index contributed by atoms with van der Waals surface area (Å²) < 4.78 is 71.3. The normalized spacial score (nSPS) is 20.3. The molecule has 1 fully saturated rings. The Balaban J connectivity index is 1.42. The molecule has 256 valence electrons. The van der Waals surface area contributed by atoms with E-state index in [2.05, 4.69) is 11.6 Å². The molecule has 4 aromatic heterocycles. The Kier molecular flexibility index (Phi) is 7.59. The van der Waals surface area contributed by atoms with Gasteiger partial charge in [0.2, 0.25) is 5.91 Å². The molecule has 2 atom stereocenters. The van der Waals surface area contributed by atoms with E-state index in [1.165, 1.54) is 11.5 Å². The van der Waals surface area contributed by atoms with Crippen molar-refractivity contribution in [2.24, 2.45) is 7.05 Å². The van der Waals surface area contributed by atoms with Gasteiger partial charge in [0.1, 0.15) is 52.7 Å². The molecule has 2 aliphatic rings. The van der Waals surface area contributed by atoms with Crippen molar-refractivity contribution < 1.29 is 27.1 Å². The van der Waals surface area contributed by atoms with Gasteiger partial charge in [-0.25, -0.2) is 27.5 Å². The molecular formula is C37H32F4N6O2S. The number of carbonyl (C=O) groups is 1. The minimum atomic E-state index is -1.08. The zero-order valence-corrected chi connectivity index (χ0v) is 28.5. The quantitative estimate of drug-likeness (QED) is 0.128. The molecule has 0 saturated heterocycles. The van der Waals surface area contributed by atoms with Crippen molar-refractivity contribution in [3.05, 3.63) is 83.4 Å². The smallest absolute Gasteiger partial charge is 0.246 e. The van der Waals surface area contributed by atoms with Gasteiger partial charge in [-0.05, 0) is 45.0 Å². The van der Waals surface area contributed by atoms with Crippen LogP contribution >= 0.6 is 11.3 Å². The van der Waals surface area contributed by atoms with Gasteiger partial charge in [0.05, 0.1) is 44.8 Å². The molecule has 0 spiro atoms. The average molecular weight is 701 g/mol. The van der Waals surface area contributed by atoms with Gasteiger partial charge in [0.15, 0.2) is 0 Å². The first-order valence-corrected chi connectivity index (χ1v) is 17.2. The van der Waals surface area contributed by atoms with E-state index in [4.69, 9.17) is 14.8 Å². The van der Waals surface area contributed by atoms with Gasteiger partial charge in [-0.1, -0.05) is 12.6 Å². The molecule has 50 heavy (non-hydrogen) atoms. The van der Waals surface area contributed by atoms with Crippen molar-refractivity contribution in [2.75, 3.05) is 6.54 Å². The molecule has 0 unspecified atom stereocenters. The Labute approximate surface area is 288 Å². The maximum atomic E-state index is 16.3. The second-order valence-electron chi connectivity index (χ2n) is 13.1. The lowest BCUT2D eigenvalue weighted by Crippen LogP contribution is -2.42. The van der Waals surface area contributed by atoms with Crippen LogP contribution in [0.2, 0.25) is 0 Å². The zero-order chi connectivity index (χ0) is 35.2. The van der Waals surface area contributed by atoms with Crippen LogP contribution in [0.25, 0.3) is 54.9 Å². The predicted molar refractivity (Wildman–Crippen MR) is 184 cm³/mol. The third kappa shape index (κ3) is 5.00. The molecule has 2 aromatic carbocycles. The van der Waals surface area contributed by atoms with E-state index in [9.17, 15) is 13.6 Å². The van der Waals surface area contributed by atoms with E-state index in [0.717, 1.165) is 34.3 Å². The SMILES string of the molecule is C=CC(=O)N1C[C@H](C)n2nc(-c3nc(-c4ccc5c(c4)nc(C)n5C)c4scc(F)c4c3-c3c(F)cc(F)cc3OC3CC(F)C3)cc2[C@H]1C. The lowest BCUT2D eigenvalue weighted by atomic mass is 9.92. The molecule has 13 heteroatoms. The van der Waals surface area contributed by atoms with Crippen LogP contribution in [0.5, 0.6) is 5.75 Å². The molecule has 8 rings (SSSR count). The topological polar surface area (TPSA) is 78.1 Å². The monoisotopic (exact) mass is 700 g/mol. The predicted octanol–water partition coefficient (Wildman–Crippen LogP) is 8.64. The molecular weight excluding hydrogens is 669 g/mol. The molecule has 0 radical (unpaired) electrons. The van der Waals surface area contributed by atoms with Crippen molar-refractivity contribution in [3.8, 4) is 39.5 Å². The van der Waals surface area contributed by atoms with Crippen molar-refractivity contribution in [1.82, 2.24) is 29.2 Å². The Bertz CT molecular complexity index is 2380. The summed E-state index contributed by atoms with van der Waals surface area (Å²) in [6.07, 6.45) is -0.271. The summed E-state index contributed by atoms with van der Waals surface area (Å²) in [7, 11) is 1.92. The van der Waals surface area contributed by atoms with Gasteiger partial charge < -0.3 is 14.2 Å². The Hall–Kier alpha value is -5.04. The van der Waals surface area contributed by atoms with Gasteiger partial charge in [0, 0.05) is 60.5 Å². The van der Waals surface area contributed by atoms with Crippen molar-refractivity contribution in [2.45, 2.75) is 58.0 Å². The summed E-state index contributed by atoms with van der Waals surface area (Å²) in [5.41, 5.74) is 3.68. The number of rotatable bonds is 6. The summed E-state index contributed by atoms with van der Waals surface area (Å²) >= 11 is 1.11. The number of hydrogen-bond acceptors (Lipinski definition) is 6. The fourth-order valence-electron chi connectivity index (χ4n) is 7.10. The zero-order valence-electron chi connectivity index (χ0n) is 27.7. The summed E-state index contributed by atoms with van der Waals surface area (Å²) in [6.45, 7) is 9.71. The standard InChI is InChI=1S/C37H32F4N6O2S/c1-6-31(48)46-15-17(2)47-29(18(46)3)14-27(44-47)36-34(32-24(40)12-22(39)13-30(32)49-23-10-21(38)11-23)33-25(41)16-50-37(33)35(43-36)20-7-8-28-26(9-20)42-19(4)45(28)5/h6-9,12-14,16-18,21,23H,1,10-11,15H2,2-5H3/t17-,18+,21?,23?/m0/s1. The third-order valence-corrected chi connectivity index (χ3v) is 10.8. The number of hydrogen-bond donors (Lipinski definition) is 0. The molecule has 1 aliphatic carbocycles. The largest absolute Gasteiger partial charge is 0.489 e. The lowest BCUT2D eigenvalue weighted by molar-refractivity contribution is -0.129. The molecule has 0 N–H and O–H groups in total. The highest BCUT2D eigenvalue weighted by molar-refractivity contribution is 7.17. The number of pyridine rings is 1. The van der Waals surface area contributed by atoms with Crippen LogP contribution < -0.4 is 4.74 Å². The Morgan fingerprint density at radius 1 is 1.04 bits per heavy atom. The fourth-order valence-corrected chi connectivity index (χ4v) is 8.04. The lowest BCUT2D eigenvalue weighted by Gasteiger charge is -2.36. The molecule has 0 bridgehead atoms. The van der Waals surface area contributed by atoms with Crippen LogP contribution in [-0.2, 0) is 11.8 Å². The fraction of sp³-hybridized carbons (Fsp3) is 0.297. The number of imidazole rings is 1. The van der Waals surface area contributed by atoms with E-state index >= 15 is 8.78 Å². The highest BCUT2D eigenvalue weighted by Gasteiger charge is 2.36. The Morgan fingerprint density at radius 3 is 2.56 bits per heavy atom. The maximum absolute atomic E-state index is 16.3. The summed E-state index contributed by atoms with van der Waals surface area (Å²) in [5.74, 6) is -2.11. The van der Waals surface area contributed by atoms with Crippen LogP contribution in [0.1, 0.15) is 50.3 Å². The number of thiophene rings is 1. The first-order valence-electron chi connectivity index (χ1n) is 16.3. The first kappa shape index (κ1) is 32.2. The van der Waals surface area contributed by atoms with Gasteiger partial charge >= 0.3 is 0 Å². The van der Waals surface area contributed by atoms with Crippen LogP contribution in [0, 0.1) is 24.4 Å². The number of aryl methyl sites for hydroxylation is 2. The second kappa shape index (κ2) is 11.8. The minimum Gasteiger partial charge on any atom is -0.489 e. The number of halogens is 4. The van der Waals surface area contributed by atoms with Crippen LogP contribution in [-0.4, -0.2) is 53.9 Å².